The zero-order valence-electron chi connectivity index (χ0n) is 22.3. The summed E-state index contributed by atoms with van der Waals surface area (Å²) in [5.41, 5.74) is -10.2. The normalized spacial score (nSPS) is 12.2. The number of hydrogen-bond donors (Lipinski definition) is 2. The molecule has 0 aliphatic carbocycles. The van der Waals surface area contributed by atoms with Gasteiger partial charge in [-0.05, 0) is 55.5 Å². The Morgan fingerprint density at radius 3 is 2.05 bits per heavy atom. The van der Waals surface area contributed by atoms with Crippen LogP contribution in [-0.2, 0) is 5.67 Å². The average Bonchev–Trinajstić information content (AvgIpc) is 2.93. The standard InChI is InChI=1S/C27H20F10N2O5/c1-3-39(23(42)13-7-9-15(28)10-8-13)17-6-4-5-16(21(17)43-2)22(41)38-20-18(40)11-14(12-19(20)44-24(29)30)25(31,26(32,33)34)27(35,36)37/h4-12,24,40H,3H2,1-2H3,(H,38,41). The molecule has 0 fully saturated rings. The summed E-state index contributed by atoms with van der Waals surface area (Å²) >= 11 is 0. The van der Waals surface area contributed by atoms with Gasteiger partial charge in [-0.25, -0.2) is 8.78 Å². The SMILES string of the molecule is CCN(C(=O)c1ccc(F)cc1)c1cccc(C(=O)Nc2c(O)cc(C(F)(C(F)(F)F)C(F)(F)F)cc2OC(F)F)c1OC. The molecule has 17 heteroatoms. The molecule has 0 unspecified atom stereocenters. The lowest BCUT2D eigenvalue weighted by Gasteiger charge is -2.31. The lowest BCUT2D eigenvalue weighted by atomic mass is 9.93. The molecule has 0 aliphatic rings. The number of carbonyl (C=O) groups is 2. The summed E-state index contributed by atoms with van der Waals surface area (Å²) in [5.74, 6) is -6.30. The van der Waals surface area contributed by atoms with E-state index in [2.05, 4.69) is 4.74 Å². The first-order chi connectivity index (χ1) is 20.4. The zero-order valence-corrected chi connectivity index (χ0v) is 22.3. The number of benzene rings is 3. The Labute approximate surface area is 241 Å². The van der Waals surface area contributed by atoms with Crippen LogP contribution in [0.2, 0.25) is 0 Å². The van der Waals surface area contributed by atoms with Crippen molar-refractivity contribution in [2.45, 2.75) is 31.6 Å². The van der Waals surface area contributed by atoms with Gasteiger partial charge in [0.25, 0.3) is 11.8 Å². The van der Waals surface area contributed by atoms with Crippen molar-refractivity contribution < 1.29 is 68.1 Å². The number of nitrogens with zero attached hydrogens (tertiary/aromatic N) is 1. The molecule has 44 heavy (non-hydrogen) atoms. The van der Waals surface area contributed by atoms with Gasteiger partial charge in [-0.15, -0.1) is 0 Å². The molecule has 2 N–H and O–H groups in total. The number of halogens is 10. The summed E-state index contributed by atoms with van der Waals surface area (Å²) in [4.78, 5) is 27.4. The van der Waals surface area contributed by atoms with Crippen LogP contribution >= 0.6 is 0 Å². The van der Waals surface area contributed by atoms with Crippen LogP contribution in [0.5, 0.6) is 17.2 Å². The van der Waals surface area contributed by atoms with Crippen molar-refractivity contribution >= 4 is 23.2 Å². The molecular weight excluding hydrogens is 622 g/mol. The maximum absolute atomic E-state index is 14.6. The number of anilines is 2. The van der Waals surface area contributed by atoms with Crippen LogP contribution in [0.1, 0.15) is 33.2 Å². The van der Waals surface area contributed by atoms with Crippen LogP contribution in [0, 0.1) is 5.82 Å². The molecule has 238 valence electrons. The van der Waals surface area contributed by atoms with Crippen molar-refractivity contribution in [2.75, 3.05) is 23.9 Å². The molecule has 0 radical (unpaired) electrons. The second kappa shape index (κ2) is 12.5. The van der Waals surface area contributed by atoms with Gasteiger partial charge in [-0.1, -0.05) is 6.07 Å². The summed E-state index contributed by atoms with van der Waals surface area (Å²) in [6.45, 7) is -2.41. The zero-order chi connectivity index (χ0) is 33.2. The largest absolute Gasteiger partial charge is 0.506 e. The Morgan fingerprint density at radius 2 is 1.55 bits per heavy atom. The molecule has 0 atom stereocenters. The number of amides is 2. The van der Waals surface area contributed by atoms with E-state index in [0.29, 0.717) is 0 Å². The Kier molecular flexibility index (Phi) is 9.60. The van der Waals surface area contributed by atoms with E-state index in [-0.39, 0.29) is 29.6 Å². The molecule has 3 rings (SSSR count). The fraction of sp³-hybridized carbons (Fsp3) is 0.259. The average molecular weight is 642 g/mol. The van der Waals surface area contributed by atoms with Crippen LogP contribution in [0.4, 0.5) is 55.3 Å². The minimum atomic E-state index is -6.66. The van der Waals surface area contributed by atoms with Crippen molar-refractivity contribution in [1.29, 1.82) is 0 Å². The predicted octanol–water partition coefficient (Wildman–Crippen LogP) is 7.35. The maximum Gasteiger partial charge on any atom is 0.435 e. The predicted molar refractivity (Wildman–Crippen MR) is 134 cm³/mol. The summed E-state index contributed by atoms with van der Waals surface area (Å²) in [6, 6.07) is 7.30. The van der Waals surface area contributed by atoms with Crippen LogP contribution in [0.15, 0.2) is 54.6 Å². The highest BCUT2D eigenvalue weighted by Crippen LogP contribution is 2.55. The number of aromatic hydroxyl groups is 1. The van der Waals surface area contributed by atoms with Crippen LogP contribution in [-0.4, -0.2) is 49.5 Å². The second-order valence-electron chi connectivity index (χ2n) is 8.77. The molecular formula is C27H20F10N2O5. The van der Waals surface area contributed by atoms with E-state index in [4.69, 9.17) is 4.74 Å². The first-order valence-corrected chi connectivity index (χ1v) is 12.1. The minimum absolute atomic E-state index is 0.0321. The number of phenolic OH excluding ortho intramolecular Hbond substituents is 1. The third-order valence-electron chi connectivity index (χ3n) is 6.10. The first-order valence-electron chi connectivity index (χ1n) is 12.1. The van der Waals surface area contributed by atoms with E-state index < -0.39 is 76.6 Å². The first kappa shape index (κ1) is 33.8. The molecule has 7 nitrogen and oxygen atoms in total. The Balaban J connectivity index is 2.11. The van der Waals surface area contributed by atoms with Gasteiger partial charge in [0, 0.05) is 17.7 Å². The number of alkyl halides is 9. The van der Waals surface area contributed by atoms with E-state index >= 15 is 0 Å². The lowest BCUT2D eigenvalue weighted by molar-refractivity contribution is -0.348. The fourth-order valence-electron chi connectivity index (χ4n) is 4.09. The van der Waals surface area contributed by atoms with Crippen LogP contribution in [0.3, 0.4) is 0 Å². The van der Waals surface area contributed by atoms with E-state index in [9.17, 15) is 58.6 Å². The van der Waals surface area contributed by atoms with Gasteiger partial charge in [0.15, 0.2) is 11.5 Å². The van der Waals surface area contributed by atoms with E-state index in [0.717, 1.165) is 30.2 Å². The highest BCUT2D eigenvalue weighted by Gasteiger charge is 2.73. The molecule has 3 aromatic carbocycles. The highest BCUT2D eigenvalue weighted by atomic mass is 19.4. The van der Waals surface area contributed by atoms with Gasteiger partial charge >= 0.3 is 24.6 Å². The van der Waals surface area contributed by atoms with Crippen molar-refractivity contribution in [1.82, 2.24) is 0 Å². The quantitative estimate of drug-likeness (QED) is 0.188. The summed E-state index contributed by atoms with van der Waals surface area (Å²) in [7, 11) is 1.07. The van der Waals surface area contributed by atoms with Gasteiger partial charge in [0.2, 0.25) is 0 Å². The highest BCUT2D eigenvalue weighted by molar-refractivity contribution is 6.11. The molecule has 2 amide bonds. The number of para-hydroxylation sites is 1. The van der Waals surface area contributed by atoms with Crippen molar-refractivity contribution in [2.24, 2.45) is 0 Å². The van der Waals surface area contributed by atoms with E-state index in [1.54, 1.807) is 0 Å². The van der Waals surface area contributed by atoms with Gasteiger partial charge in [-0.3, -0.25) is 9.59 Å². The van der Waals surface area contributed by atoms with Gasteiger partial charge in [-0.2, -0.15) is 35.1 Å². The second-order valence-corrected chi connectivity index (χ2v) is 8.77. The molecule has 0 aromatic heterocycles. The Bertz CT molecular complexity index is 1510. The van der Waals surface area contributed by atoms with Crippen molar-refractivity contribution in [3.05, 3.63) is 77.1 Å². The monoisotopic (exact) mass is 642 g/mol. The van der Waals surface area contributed by atoms with Gasteiger partial charge in [0.1, 0.15) is 17.3 Å². The lowest BCUT2D eigenvalue weighted by Crippen LogP contribution is -2.50. The minimum Gasteiger partial charge on any atom is -0.506 e. The van der Waals surface area contributed by atoms with Gasteiger partial charge in [0.05, 0.1) is 18.4 Å². The number of nitrogens with one attached hydrogen (secondary N) is 1. The molecule has 0 heterocycles. The molecule has 0 bridgehead atoms. The molecule has 0 spiro atoms. The van der Waals surface area contributed by atoms with E-state index in [1.165, 1.54) is 31.2 Å². The van der Waals surface area contributed by atoms with Crippen LogP contribution in [0.25, 0.3) is 0 Å². The van der Waals surface area contributed by atoms with Crippen LogP contribution < -0.4 is 19.7 Å². The number of phenols is 1. The third kappa shape index (κ3) is 6.45. The number of ether oxygens (including phenoxy) is 2. The number of rotatable bonds is 9. The molecule has 0 aliphatic heterocycles. The smallest absolute Gasteiger partial charge is 0.435 e. The fourth-order valence-corrected chi connectivity index (χ4v) is 4.09. The molecule has 3 aromatic rings. The number of methoxy groups -OCH3 is 1. The maximum atomic E-state index is 14.6. The topological polar surface area (TPSA) is 88.1 Å². The van der Waals surface area contributed by atoms with Crippen molar-refractivity contribution in [3.8, 4) is 17.2 Å². The number of hydrogen-bond acceptors (Lipinski definition) is 5. The number of carbonyl (C=O) groups excluding carboxylic acids is 2. The third-order valence-corrected chi connectivity index (χ3v) is 6.10. The molecule has 0 saturated heterocycles. The summed E-state index contributed by atoms with van der Waals surface area (Å²) < 4.78 is 143. The summed E-state index contributed by atoms with van der Waals surface area (Å²) in [6.07, 6.45) is -13.3. The van der Waals surface area contributed by atoms with E-state index in [1.807, 2.05) is 5.32 Å². The molecule has 0 saturated carbocycles. The van der Waals surface area contributed by atoms with Gasteiger partial charge < -0.3 is 24.8 Å². The Hall–Kier alpha value is -4.70. The van der Waals surface area contributed by atoms with Crippen molar-refractivity contribution in [3.63, 3.8) is 0 Å². The summed E-state index contributed by atoms with van der Waals surface area (Å²) in [5, 5.41) is 12.1. The Morgan fingerprint density at radius 1 is 0.955 bits per heavy atom.